The van der Waals surface area contributed by atoms with Crippen molar-refractivity contribution in [3.05, 3.63) is 87.3 Å². The fourth-order valence-electron chi connectivity index (χ4n) is 3.83. The fraction of sp³-hybridized carbons (Fsp3) is 0.130. The number of rotatable bonds is 4. The summed E-state index contributed by atoms with van der Waals surface area (Å²) in [6.07, 6.45) is 3.33. The summed E-state index contributed by atoms with van der Waals surface area (Å²) >= 11 is 3.55. The van der Waals surface area contributed by atoms with Gasteiger partial charge in [0.15, 0.2) is 0 Å². The van der Waals surface area contributed by atoms with Crippen molar-refractivity contribution in [1.82, 2.24) is 24.5 Å². The maximum atomic E-state index is 13.6. The molecule has 1 unspecified atom stereocenters. The average Bonchev–Trinajstić information content (AvgIpc) is 3.16. The lowest BCUT2D eigenvalue weighted by Gasteiger charge is -2.20. The number of nitrogens with one attached hydrogen (secondary N) is 2. The van der Waals surface area contributed by atoms with E-state index in [-0.39, 0.29) is 11.6 Å². The summed E-state index contributed by atoms with van der Waals surface area (Å²) < 4.78 is 2.54. The Kier molecular flexibility index (Phi) is 4.78. The maximum Gasteiger partial charge on any atom is 0.266 e. The zero-order chi connectivity index (χ0) is 21.5. The predicted octanol–water partition coefficient (Wildman–Crippen LogP) is 4.90. The standard InChI is InChI=1S/C23H19BrN6O/c1-13-7-6-10-17-18(13)23(31)30(15-8-4-3-5-9-15)22(29-17)14(2)28-21-19-16(24)11-25-20(19)26-12-27-21/h3-12,14H,1-2H3,(H2,25,26,27,28). The number of H-pyrrole nitrogens is 1. The molecule has 0 spiro atoms. The topological polar surface area (TPSA) is 88.5 Å². The summed E-state index contributed by atoms with van der Waals surface area (Å²) in [5.74, 6) is 1.26. The van der Waals surface area contributed by atoms with Gasteiger partial charge < -0.3 is 10.3 Å². The second kappa shape index (κ2) is 7.63. The van der Waals surface area contributed by atoms with Gasteiger partial charge in [0.2, 0.25) is 0 Å². The van der Waals surface area contributed by atoms with Crippen molar-refractivity contribution in [3.8, 4) is 5.69 Å². The van der Waals surface area contributed by atoms with E-state index in [1.54, 1.807) is 4.57 Å². The van der Waals surface area contributed by atoms with Crippen molar-refractivity contribution in [3.63, 3.8) is 0 Å². The van der Waals surface area contributed by atoms with Gasteiger partial charge in [0.25, 0.3) is 5.56 Å². The van der Waals surface area contributed by atoms with Crippen LogP contribution in [-0.2, 0) is 0 Å². The Labute approximate surface area is 186 Å². The summed E-state index contributed by atoms with van der Waals surface area (Å²) in [6.45, 7) is 3.90. The number of anilines is 1. The minimum absolute atomic E-state index is 0.0893. The first-order chi connectivity index (χ1) is 15.0. The quantitative estimate of drug-likeness (QED) is 0.386. The Morgan fingerprint density at radius 1 is 1.06 bits per heavy atom. The average molecular weight is 475 g/mol. The van der Waals surface area contributed by atoms with Gasteiger partial charge in [-0.25, -0.2) is 15.0 Å². The normalized spacial score (nSPS) is 12.4. The van der Waals surface area contributed by atoms with Crippen LogP contribution >= 0.6 is 15.9 Å². The molecule has 2 N–H and O–H groups in total. The molecule has 1 atom stereocenters. The first-order valence-corrected chi connectivity index (χ1v) is 10.7. The lowest BCUT2D eigenvalue weighted by atomic mass is 10.1. The highest BCUT2D eigenvalue weighted by molar-refractivity contribution is 9.10. The molecule has 0 aliphatic heterocycles. The molecule has 7 nitrogen and oxygen atoms in total. The Morgan fingerprint density at radius 2 is 1.87 bits per heavy atom. The van der Waals surface area contributed by atoms with E-state index in [1.807, 2.05) is 68.6 Å². The van der Waals surface area contributed by atoms with Gasteiger partial charge in [-0.05, 0) is 53.5 Å². The lowest BCUT2D eigenvalue weighted by molar-refractivity contribution is 0.731. The van der Waals surface area contributed by atoms with E-state index in [2.05, 4.69) is 36.2 Å². The van der Waals surface area contributed by atoms with Crippen molar-refractivity contribution in [2.45, 2.75) is 19.9 Å². The van der Waals surface area contributed by atoms with Crippen LogP contribution in [0.15, 0.2) is 70.3 Å². The van der Waals surface area contributed by atoms with Gasteiger partial charge in [0.1, 0.15) is 23.6 Å². The molecule has 0 radical (unpaired) electrons. The molecule has 8 heteroatoms. The molecule has 31 heavy (non-hydrogen) atoms. The predicted molar refractivity (Wildman–Crippen MR) is 126 cm³/mol. The molecule has 0 amide bonds. The highest BCUT2D eigenvalue weighted by Crippen LogP contribution is 2.30. The molecule has 154 valence electrons. The van der Waals surface area contributed by atoms with Crippen LogP contribution < -0.4 is 10.9 Å². The Bertz CT molecular complexity index is 1470. The summed E-state index contributed by atoms with van der Waals surface area (Å²) in [4.78, 5) is 30.3. The number of aromatic nitrogens is 5. The van der Waals surface area contributed by atoms with Crippen LogP contribution in [0.4, 0.5) is 5.82 Å². The summed E-state index contributed by atoms with van der Waals surface area (Å²) in [5, 5.41) is 4.89. The Hall–Kier alpha value is -3.52. The van der Waals surface area contributed by atoms with Gasteiger partial charge in [-0.1, -0.05) is 30.3 Å². The smallest absolute Gasteiger partial charge is 0.266 e. The molecule has 3 aromatic heterocycles. The van der Waals surface area contributed by atoms with E-state index >= 15 is 0 Å². The molecule has 0 aliphatic carbocycles. The molecule has 5 aromatic rings. The highest BCUT2D eigenvalue weighted by atomic mass is 79.9. The van der Waals surface area contributed by atoms with Crippen molar-refractivity contribution >= 4 is 43.7 Å². The fourth-order valence-corrected chi connectivity index (χ4v) is 4.32. The van der Waals surface area contributed by atoms with E-state index in [1.165, 1.54) is 6.33 Å². The largest absolute Gasteiger partial charge is 0.360 e. The Balaban J connectivity index is 1.71. The number of nitrogens with zero attached hydrogens (tertiary/aromatic N) is 4. The molecule has 0 aliphatic rings. The third-order valence-corrected chi connectivity index (χ3v) is 5.93. The van der Waals surface area contributed by atoms with Crippen molar-refractivity contribution in [1.29, 1.82) is 0 Å². The van der Waals surface area contributed by atoms with Gasteiger partial charge in [-0.15, -0.1) is 0 Å². The summed E-state index contributed by atoms with van der Waals surface area (Å²) in [5.41, 5.74) is 2.98. The number of halogens is 1. The van der Waals surface area contributed by atoms with Gasteiger partial charge in [-0.3, -0.25) is 9.36 Å². The lowest BCUT2D eigenvalue weighted by Crippen LogP contribution is -2.27. The Morgan fingerprint density at radius 3 is 2.68 bits per heavy atom. The maximum absolute atomic E-state index is 13.6. The third-order valence-electron chi connectivity index (χ3n) is 5.31. The molecular weight excluding hydrogens is 456 g/mol. The zero-order valence-corrected chi connectivity index (χ0v) is 18.5. The number of aromatic amines is 1. The molecule has 5 rings (SSSR count). The summed E-state index contributed by atoms with van der Waals surface area (Å²) in [7, 11) is 0. The molecule has 0 saturated carbocycles. The first-order valence-electron chi connectivity index (χ1n) is 9.86. The SMILES string of the molecule is Cc1cccc2nc(C(C)Nc3ncnc4[nH]cc(Br)c34)n(-c3ccccc3)c(=O)c12. The van der Waals surface area contributed by atoms with Gasteiger partial charge in [0, 0.05) is 10.7 Å². The number of benzene rings is 2. The van der Waals surface area contributed by atoms with E-state index in [9.17, 15) is 4.79 Å². The molecular formula is C23H19BrN6O. The van der Waals surface area contributed by atoms with Crippen LogP contribution in [0.2, 0.25) is 0 Å². The second-order valence-electron chi connectivity index (χ2n) is 7.36. The first kappa shape index (κ1) is 19.4. The molecule has 0 fully saturated rings. The van der Waals surface area contributed by atoms with Crippen molar-refractivity contribution < 1.29 is 0 Å². The minimum atomic E-state index is -0.308. The molecule has 0 saturated heterocycles. The molecule has 2 aromatic carbocycles. The number of aryl methyl sites for hydroxylation is 1. The van der Waals surface area contributed by atoms with Crippen LogP contribution in [0.25, 0.3) is 27.6 Å². The van der Waals surface area contributed by atoms with Crippen molar-refractivity contribution in [2.24, 2.45) is 0 Å². The number of fused-ring (bicyclic) bond motifs is 2. The molecule has 0 bridgehead atoms. The van der Waals surface area contributed by atoms with Crippen LogP contribution in [0.3, 0.4) is 0 Å². The van der Waals surface area contributed by atoms with Crippen molar-refractivity contribution in [2.75, 3.05) is 5.32 Å². The molecule has 3 heterocycles. The van der Waals surface area contributed by atoms with Crippen LogP contribution in [0.5, 0.6) is 0 Å². The zero-order valence-electron chi connectivity index (χ0n) is 16.9. The van der Waals surface area contributed by atoms with Gasteiger partial charge >= 0.3 is 0 Å². The third kappa shape index (κ3) is 3.29. The number of hydrogen-bond acceptors (Lipinski definition) is 5. The van der Waals surface area contributed by atoms with E-state index < -0.39 is 0 Å². The number of para-hydroxylation sites is 1. The van der Waals surface area contributed by atoms with E-state index in [4.69, 9.17) is 4.98 Å². The summed E-state index contributed by atoms with van der Waals surface area (Å²) in [6, 6.07) is 15.0. The monoisotopic (exact) mass is 474 g/mol. The van der Waals surface area contributed by atoms with Crippen LogP contribution in [-0.4, -0.2) is 24.5 Å². The van der Waals surface area contributed by atoms with E-state index in [0.29, 0.717) is 22.5 Å². The van der Waals surface area contributed by atoms with Crippen LogP contribution in [0.1, 0.15) is 24.4 Å². The van der Waals surface area contributed by atoms with Gasteiger partial charge in [0.05, 0.1) is 28.0 Å². The van der Waals surface area contributed by atoms with Gasteiger partial charge in [-0.2, -0.15) is 0 Å². The minimum Gasteiger partial charge on any atom is -0.360 e. The highest BCUT2D eigenvalue weighted by Gasteiger charge is 2.20. The van der Waals surface area contributed by atoms with Crippen LogP contribution in [0, 0.1) is 6.92 Å². The number of hydrogen-bond donors (Lipinski definition) is 2. The second-order valence-corrected chi connectivity index (χ2v) is 8.22. The van der Waals surface area contributed by atoms with E-state index in [0.717, 1.165) is 26.8 Å².